The molecule has 1 aromatic carbocycles. The number of aryl methyl sites for hydroxylation is 1. The first-order valence-electron chi connectivity index (χ1n) is 9.05. The van der Waals surface area contributed by atoms with Gasteiger partial charge in [-0.25, -0.2) is 4.98 Å². The van der Waals surface area contributed by atoms with Gasteiger partial charge >= 0.3 is 0 Å². The van der Waals surface area contributed by atoms with Gasteiger partial charge in [-0.1, -0.05) is 37.1 Å². The van der Waals surface area contributed by atoms with Crippen LogP contribution >= 0.6 is 0 Å². The Bertz CT molecular complexity index is 918. The smallest absolute Gasteiger partial charge is 0.137 e. The summed E-state index contributed by atoms with van der Waals surface area (Å²) in [7, 11) is 0. The van der Waals surface area contributed by atoms with E-state index in [-0.39, 0.29) is 5.54 Å². The van der Waals surface area contributed by atoms with Gasteiger partial charge in [0.05, 0.1) is 23.0 Å². The van der Waals surface area contributed by atoms with Gasteiger partial charge in [0.2, 0.25) is 0 Å². The largest absolute Gasteiger partial charge is 0.352 e. The summed E-state index contributed by atoms with van der Waals surface area (Å²) in [5.41, 5.74) is 6.62. The number of imidazole rings is 1. The van der Waals surface area contributed by atoms with Gasteiger partial charge in [-0.2, -0.15) is 0 Å². The van der Waals surface area contributed by atoms with Crippen LogP contribution in [0.4, 0.5) is 5.69 Å². The van der Waals surface area contributed by atoms with Crippen molar-refractivity contribution in [1.82, 2.24) is 9.38 Å². The quantitative estimate of drug-likeness (QED) is 0.630. The van der Waals surface area contributed by atoms with Crippen LogP contribution in [0.2, 0.25) is 0 Å². The van der Waals surface area contributed by atoms with E-state index in [2.05, 4.69) is 71.8 Å². The third kappa shape index (κ3) is 1.65. The first-order chi connectivity index (χ1) is 11.7. The lowest BCUT2D eigenvalue weighted by Gasteiger charge is -2.41. The highest BCUT2D eigenvalue weighted by Crippen LogP contribution is 2.56. The molecule has 0 amide bonds. The number of benzene rings is 1. The number of hydrogen-bond donors (Lipinski definition) is 0. The molecular weight excluding hydrogens is 294 g/mol. The van der Waals surface area contributed by atoms with Crippen LogP contribution in [0.1, 0.15) is 55.6 Å². The van der Waals surface area contributed by atoms with Crippen molar-refractivity contribution >= 4 is 11.3 Å². The van der Waals surface area contributed by atoms with E-state index in [9.17, 15) is 0 Å². The maximum atomic E-state index is 5.02. The predicted octanol–water partition coefficient (Wildman–Crippen LogP) is 4.99. The number of anilines is 1. The number of aromatic nitrogens is 2. The summed E-state index contributed by atoms with van der Waals surface area (Å²) in [5, 5.41) is 0. The third-order valence-corrected chi connectivity index (χ3v) is 6.05. The first kappa shape index (κ1) is 14.1. The fourth-order valence-corrected chi connectivity index (χ4v) is 5.09. The molecule has 1 saturated carbocycles. The van der Waals surface area contributed by atoms with Crippen LogP contribution in [0.25, 0.3) is 5.65 Å². The molecule has 122 valence electrons. The molecule has 2 aliphatic rings. The highest BCUT2D eigenvalue weighted by molar-refractivity contribution is 5.64. The zero-order chi connectivity index (χ0) is 16.3. The number of rotatable bonds is 1. The summed E-state index contributed by atoms with van der Waals surface area (Å²) >= 11 is 0. The molecule has 5 rings (SSSR count). The Morgan fingerprint density at radius 2 is 1.79 bits per heavy atom. The van der Waals surface area contributed by atoms with Crippen LogP contribution in [0.15, 0.2) is 48.7 Å². The summed E-state index contributed by atoms with van der Waals surface area (Å²) in [4.78, 5) is 7.69. The molecule has 3 heteroatoms. The lowest BCUT2D eigenvalue weighted by molar-refractivity contribution is 0.403. The Balaban J connectivity index is 1.80. The normalized spacial score (nSPS) is 21.8. The van der Waals surface area contributed by atoms with Crippen LogP contribution in [-0.4, -0.2) is 9.38 Å². The molecule has 0 bridgehead atoms. The highest BCUT2D eigenvalue weighted by Gasteiger charge is 2.53. The maximum Gasteiger partial charge on any atom is 0.137 e. The van der Waals surface area contributed by atoms with E-state index >= 15 is 0 Å². The van der Waals surface area contributed by atoms with Crippen LogP contribution < -0.4 is 4.90 Å². The lowest BCUT2D eigenvalue weighted by atomic mass is 9.92. The molecule has 1 aliphatic heterocycles. The molecule has 1 fully saturated rings. The van der Waals surface area contributed by atoms with E-state index in [0.29, 0.717) is 6.04 Å². The second-order valence-corrected chi connectivity index (χ2v) is 7.35. The van der Waals surface area contributed by atoms with E-state index in [1.165, 1.54) is 48.3 Å². The zero-order valence-corrected chi connectivity index (χ0v) is 14.4. The van der Waals surface area contributed by atoms with Crippen LogP contribution in [0.3, 0.4) is 0 Å². The molecule has 3 heterocycles. The molecule has 1 unspecified atom stereocenters. The van der Waals surface area contributed by atoms with E-state index in [1.807, 2.05) is 0 Å². The number of hydrogen-bond acceptors (Lipinski definition) is 2. The molecule has 3 aromatic rings. The highest BCUT2D eigenvalue weighted by atomic mass is 15.3. The monoisotopic (exact) mass is 317 g/mol. The number of para-hydroxylation sites is 1. The van der Waals surface area contributed by atoms with Crippen molar-refractivity contribution < 1.29 is 0 Å². The van der Waals surface area contributed by atoms with Gasteiger partial charge in [-0.15, -0.1) is 0 Å². The molecule has 1 spiro atoms. The Kier molecular flexibility index (Phi) is 2.85. The predicted molar refractivity (Wildman–Crippen MR) is 97.4 cm³/mol. The molecule has 1 aliphatic carbocycles. The van der Waals surface area contributed by atoms with Gasteiger partial charge < -0.3 is 9.30 Å². The third-order valence-electron chi connectivity index (χ3n) is 6.05. The molecule has 2 aromatic heterocycles. The second-order valence-electron chi connectivity index (χ2n) is 7.35. The first-order valence-corrected chi connectivity index (χ1v) is 9.05. The molecule has 0 saturated heterocycles. The fourth-order valence-electron chi connectivity index (χ4n) is 5.09. The van der Waals surface area contributed by atoms with Crippen molar-refractivity contribution in [3.63, 3.8) is 0 Å². The number of nitrogens with zero attached hydrogens (tertiary/aromatic N) is 3. The molecule has 1 atom stereocenters. The minimum Gasteiger partial charge on any atom is -0.352 e. The van der Waals surface area contributed by atoms with Crippen LogP contribution in [0.5, 0.6) is 0 Å². The number of pyridine rings is 1. The Morgan fingerprint density at radius 3 is 2.58 bits per heavy atom. The van der Waals surface area contributed by atoms with Gasteiger partial charge in [0.15, 0.2) is 0 Å². The van der Waals surface area contributed by atoms with Crippen molar-refractivity contribution in [2.75, 3.05) is 4.90 Å². The second kappa shape index (κ2) is 4.85. The van der Waals surface area contributed by atoms with Crippen LogP contribution in [0, 0.1) is 6.92 Å². The Hall–Kier alpha value is -2.29. The summed E-state index contributed by atoms with van der Waals surface area (Å²) in [6.45, 7) is 4.55. The van der Waals surface area contributed by atoms with Crippen molar-refractivity contribution in [3.05, 3.63) is 65.6 Å². The van der Waals surface area contributed by atoms with Gasteiger partial charge in [-0.05, 0) is 50.5 Å². The SMILES string of the molecule is Cc1ccccc1N1C(C)c2nc3ccccn3c2C12CCCC2. The summed E-state index contributed by atoms with van der Waals surface area (Å²) < 4.78 is 2.34. The van der Waals surface area contributed by atoms with Crippen molar-refractivity contribution in [1.29, 1.82) is 0 Å². The van der Waals surface area contributed by atoms with Crippen molar-refractivity contribution in [2.45, 2.75) is 51.1 Å². The zero-order valence-electron chi connectivity index (χ0n) is 14.4. The van der Waals surface area contributed by atoms with E-state index < -0.39 is 0 Å². The van der Waals surface area contributed by atoms with E-state index in [1.54, 1.807) is 0 Å². The van der Waals surface area contributed by atoms with Crippen LogP contribution in [-0.2, 0) is 5.54 Å². The van der Waals surface area contributed by atoms with E-state index in [4.69, 9.17) is 4.98 Å². The summed E-state index contributed by atoms with van der Waals surface area (Å²) in [5.74, 6) is 0. The summed E-state index contributed by atoms with van der Waals surface area (Å²) in [6, 6.07) is 15.5. The minimum absolute atomic E-state index is 0.0988. The Morgan fingerprint density at radius 1 is 1.04 bits per heavy atom. The Labute approximate surface area is 142 Å². The van der Waals surface area contributed by atoms with Crippen molar-refractivity contribution in [2.24, 2.45) is 0 Å². The fraction of sp³-hybridized carbons (Fsp3) is 0.381. The molecule has 0 radical (unpaired) electrons. The molecular formula is C21H23N3. The standard InChI is InChI=1S/C21H23N3/c1-15-9-3-4-10-17(15)24-16(2)19-20(21(24)12-6-7-13-21)23-14-8-5-11-18(23)22-19/h3-5,8-11,14,16H,6-7,12-13H2,1-2H3. The van der Waals surface area contributed by atoms with Crippen molar-refractivity contribution in [3.8, 4) is 0 Å². The molecule has 24 heavy (non-hydrogen) atoms. The maximum absolute atomic E-state index is 5.02. The molecule has 0 N–H and O–H groups in total. The lowest BCUT2D eigenvalue weighted by Crippen LogP contribution is -2.41. The average molecular weight is 317 g/mol. The number of fused-ring (bicyclic) bond motifs is 4. The minimum atomic E-state index is 0.0988. The summed E-state index contributed by atoms with van der Waals surface area (Å²) in [6.07, 6.45) is 7.24. The van der Waals surface area contributed by atoms with Gasteiger partial charge in [0, 0.05) is 11.9 Å². The van der Waals surface area contributed by atoms with Gasteiger partial charge in [0.1, 0.15) is 5.65 Å². The van der Waals surface area contributed by atoms with Gasteiger partial charge in [-0.3, -0.25) is 0 Å². The average Bonchev–Trinajstić information content (AvgIpc) is 3.26. The molecule has 3 nitrogen and oxygen atoms in total. The van der Waals surface area contributed by atoms with E-state index in [0.717, 1.165) is 5.65 Å². The van der Waals surface area contributed by atoms with Gasteiger partial charge in [0.25, 0.3) is 0 Å². The topological polar surface area (TPSA) is 20.5 Å².